The van der Waals surface area contributed by atoms with Crippen molar-refractivity contribution in [3.63, 3.8) is 0 Å². The summed E-state index contributed by atoms with van der Waals surface area (Å²) in [6.45, 7) is 12.8. The molecule has 1 N–H and O–H groups in total. The van der Waals surface area contributed by atoms with Gasteiger partial charge in [-0.05, 0) is 32.6 Å². The van der Waals surface area contributed by atoms with Gasteiger partial charge in [0, 0.05) is 15.8 Å². The normalized spacial score (nSPS) is 13.9. The van der Waals surface area contributed by atoms with E-state index in [0.717, 1.165) is 5.20 Å². The minimum Gasteiger partial charge on any atom is -0.481 e. The van der Waals surface area contributed by atoms with Gasteiger partial charge in [-0.25, -0.2) is 4.79 Å². The lowest BCUT2D eigenvalue weighted by atomic mass is 9.64. The van der Waals surface area contributed by atoms with Crippen LogP contribution in [0.25, 0.3) is 0 Å². The highest BCUT2D eigenvalue weighted by Crippen LogP contribution is 2.44. The number of ether oxygens (including phenoxy) is 1. The lowest BCUT2D eigenvalue weighted by Gasteiger charge is -2.39. The van der Waals surface area contributed by atoms with Gasteiger partial charge in [-0.15, -0.1) is 0 Å². The van der Waals surface area contributed by atoms with E-state index in [9.17, 15) is 14.7 Å². The molecular formula is C15H28O4Si. The molecule has 0 aromatic carbocycles. The summed E-state index contributed by atoms with van der Waals surface area (Å²) in [6.07, 6.45) is -0.260. The number of esters is 1. The zero-order chi connectivity index (χ0) is 16.2. The van der Waals surface area contributed by atoms with E-state index >= 15 is 0 Å². The van der Waals surface area contributed by atoms with Crippen molar-refractivity contribution >= 4 is 22.2 Å². The van der Waals surface area contributed by atoms with Gasteiger partial charge in [0.25, 0.3) is 0 Å². The molecule has 0 radical (unpaired) electrons. The Morgan fingerprint density at radius 3 is 1.65 bits per heavy atom. The van der Waals surface area contributed by atoms with Crippen LogP contribution < -0.4 is 0 Å². The van der Waals surface area contributed by atoms with Crippen molar-refractivity contribution < 1.29 is 19.4 Å². The fourth-order valence-corrected chi connectivity index (χ4v) is 3.52. The molecule has 0 aromatic rings. The summed E-state index contributed by atoms with van der Waals surface area (Å²) in [5.74, 6) is -1.83. The van der Waals surface area contributed by atoms with Gasteiger partial charge in [-0.3, -0.25) is 4.79 Å². The lowest BCUT2D eigenvalue weighted by molar-refractivity contribution is -0.158. The molecule has 0 unspecified atom stereocenters. The Balaban J connectivity index is 6.16. The van der Waals surface area contributed by atoms with Gasteiger partial charge in [0.1, 0.15) is 5.41 Å². The monoisotopic (exact) mass is 300 g/mol. The molecule has 0 atom stereocenters. The molecule has 0 aliphatic heterocycles. The van der Waals surface area contributed by atoms with Crippen molar-refractivity contribution in [3.05, 3.63) is 10.8 Å². The summed E-state index contributed by atoms with van der Waals surface area (Å²) < 4.78 is 5.29. The highest BCUT2D eigenvalue weighted by molar-refractivity contribution is 6.25. The molecule has 4 nitrogen and oxygen atoms in total. The first kappa shape index (κ1) is 18.9. The molecule has 0 rings (SSSR count). The molecule has 0 aromatic heterocycles. The molecule has 0 fully saturated rings. The summed E-state index contributed by atoms with van der Waals surface area (Å²) in [6, 6.07) is 0. The minimum atomic E-state index is -1.20. The van der Waals surface area contributed by atoms with E-state index in [0.29, 0.717) is 15.8 Å². The third-order valence-electron chi connectivity index (χ3n) is 3.64. The Kier molecular flexibility index (Phi) is 6.67. The van der Waals surface area contributed by atoms with Gasteiger partial charge in [0.15, 0.2) is 0 Å². The van der Waals surface area contributed by atoms with Crippen LogP contribution in [0.4, 0.5) is 0 Å². The van der Waals surface area contributed by atoms with Crippen LogP contribution in [-0.4, -0.2) is 33.4 Å². The minimum absolute atomic E-state index is 0.196. The lowest BCUT2D eigenvalue weighted by Crippen LogP contribution is -2.46. The van der Waals surface area contributed by atoms with Crippen LogP contribution >= 0.6 is 0 Å². The number of hydrogen-bond acceptors (Lipinski definition) is 3. The predicted octanol–water partition coefficient (Wildman–Crippen LogP) is 1.96. The molecule has 0 bridgehead atoms. The molecule has 0 aliphatic carbocycles. The summed E-state index contributed by atoms with van der Waals surface area (Å²) in [7, 11) is 0.634. The van der Waals surface area contributed by atoms with E-state index in [1.165, 1.54) is 0 Å². The van der Waals surface area contributed by atoms with Crippen LogP contribution in [0.5, 0.6) is 0 Å². The number of carboxylic acid groups (broad SMARTS) is 1. The number of aliphatic carboxylic acids is 1. The van der Waals surface area contributed by atoms with Gasteiger partial charge in [-0.1, -0.05) is 32.9 Å². The van der Waals surface area contributed by atoms with Gasteiger partial charge in [0.05, 0.1) is 6.10 Å². The topological polar surface area (TPSA) is 63.6 Å². The van der Waals surface area contributed by atoms with Gasteiger partial charge >= 0.3 is 11.9 Å². The third-order valence-corrected chi connectivity index (χ3v) is 4.14. The van der Waals surface area contributed by atoms with Crippen LogP contribution in [-0.2, 0) is 14.3 Å². The molecule has 0 amide bonds. The highest BCUT2D eigenvalue weighted by Gasteiger charge is 2.51. The van der Waals surface area contributed by atoms with Crippen molar-refractivity contribution in [1.82, 2.24) is 0 Å². The van der Waals surface area contributed by atoms with E-state index in [-0.39, 0.29) is 17.9 Å². The van der Waals surface area contributed by atoms with Gasteiger partial charge in [-0.2, -0.15) is 0 Å². The average molecular weight is 300 g/mol. The van der Waals surface area contributed by atoms with Crippen molar-refractivity contribution in [2.75, 3.05) is 0 Å². The zero-order valence-corrected chi connectivity index (χ0v) is 15.9. The second kappa shape index (κ2) is 7.06. The molecule has 0 aliphatic rings. The fraction of sp³-hybridized carbons (Fsp3) is 0.733. The van der Waals surface area contributed by atoms with Crippen LogP contribution in [0.1, 0.15) is 48.5 Å². The van der Waals surface area contributed by atoms with E-state index in [4.69, 9.17) is 4.74 Å². The average Bonchev–Trinajstić information content (AvgIpc) is 2.21. The maximum Gasteiger partial charge on any atom is 0.334 e. The first-order chi connectivity index (χ1) is 8.99. The first-order valence-corrected chi connectivity index (χ1v) is 8.11. The number of hydrogen-bond donors (Lipinski definition) is 1. The van der Waals surface area contributed by atoms with E-state index < -0.39 is 17.4 Å². The zero-order valence-electron chi connectivity index (χ0n) is 13.9. The van der Waals surface area contributed by atoms with Crippen molar-refractivity contribution in [3.8, 4) is 0 Å². The molecule has 0 saturated carbocycles. The summed E-state index contributed by atoms with van der Waals surface area (Å²) in [4.78, 5) is 24.4. The maximum absolute atomic E-state index is 12.4. The predicted molar refractivity (Wildman–Crippen MR) is 83.6 cm³/mol. The standard InChI is InChI=1S/C15H28O4Si/c1-8(2)15(9(3)4,14(17)18)12(11(7)20)13(16)19-10(5)6/h8-10H,1-7,20H3,(H,17,18). The van der Waals surface area contributed by atoms with E-state index in [1.54, 1.807) is 13.8 Å². The summed E-state index contributed by atoms with van der Waals surface area (Å²) in [5, 5.41) is 10.7. The van der Waals surface area contributed by atoms with Crippen molar-refractivity contribution in [1.29, 1.82) is 0 Å². The fourth-order valence-electron chi connectivity index (χ4n) is 2.90. The molecule has 116 valence electrons. The largest absolute Gasteiger partial charge is 0.481 e. The molecule has 5 heteroatoms. The number of allylic oxidation sites excluding steroid dienone is 1. The van der Waals surface area contributed by atoms with Crippen LogP contribution in [0.2, 0.25) is 0 Å². The van der Waals surface area contributed by atoms with E-state index in [2.05, 4.69) is 0 Å². The Labute approximate surface area is 125 Å². The van der Waals surface area contributed by atoms with Gasteiger partial charge < -0.3 is 9.84 Å². The van der Waals surface area contributed by atoms with Crippen LogP contribution in [0.15, 0.2) is 10.8 Å². The number of carboxylic acids is 1. The Morgan fingerprint density at radius 1 is 1.05 bits per heavy atom. The Bertz CT molecular complexity index is 396. The van der Waals surface area contributed by atoms with Crippen molar-refractivity contribution in [2.24, 2.45) is 17.3 Å². The highest BCUT2D eigenvalue weighted by atomic mass is 28.1. The molecule has 0 saturated heterocycles. The van der Waals surface area contributed by atoms with Crippen LogP contribution in [0, 0.1) is 17.3 Å². The quantitative estimate of drug-likeness (QED) is 0.463. The molecule has 20 heavy (non-hydrogen) atoms. The number of carbonyl (C=O) groups is 2. The first-order valence-electron chi connectivity index (χ1n) is 7.11. The second-order valence-electron chi connectivity index (χ2n) is 6.31. The second-order valence-corrected chi connectivity index (χ2v) is 7.81. The Morgan fingerprint density at radius 2 is 1.45 bits per heavy atom. The Hall–Kier alpha value is -1.10. The smallest absolute Gasteiger partial charge is 0.334 e. The molecule has 0 heterocycles. The van der Waals surface area contributed by atoms with Crippen molar-refractivity contribution in [2.45, 2.75) is 54.6 Å². The van der Waals surface area contributed by atoms with Crippen LogP contribution in [0.3, 0.4) is 0 Å². The molecular weight excluding hydrogens is 272 g/mol. The summed E-state index contributed by atoms with van der Waals surface area (Å²) >= 11 is 0. The van der Waals surface area contributed by atoms with Gasteiger partial charge in [0.2, 0.25) is 0 Å². The third kappa shape index (κ3) is 3.51. The molecule has 0 spiro atoms. The SMILES string of the molecule is CC([SiH3])=C(C(=O)OC(C)C)C(C(=O)O)(C(C)C)C(C)C. The summed E-state index contributed by atoms with van der Waals surface area (Å²) in [5.41, 5.74) is -0.854. The maximum atomic E-state index is 12.4. The van der Waals surface area contributed by atoms with E-state index in [1.807, 2.05) is 34.6 Å². The number of rotatable bonds is 6. The number of carbonyl (C=O) groups excluding carboxylic acids is 1.